The number of rotatable bonds is 2. The molecule has 3 N–H and O–H groups in total. The lowest BCUT2D eigenvalue weighted by atomic mass is 9.97. The Morgan fingerprint density at radius 1 is 1.17 bits per heavy atom. The van der Waals surface area contributed by atoms with Gasteiger partial charge < -0.3 is 11.1 Å². The molecule has 0 atom stereocenters. The van der Waals surface area contributed by atoms with Crippen LogP contribution in [0.5, 0.6) is 0 Å². The Kier molecular flexibility index (Phi) is 4.74. The monoisotopic (exact) mass is 313 g/mol. The summed E-state index contributed by atoms with van der Waals surface area (Å²) in [5.41, 5.74) is 10.1. The molecule has 0 saturated heterocycles. The Morgan fingerprint density at radius 2 is 1.87 bits per heavy atom. The first-order chi connectivity index (χ1) is 10.9. The van der Waals surface area contributed by atoms with Gasteiger partial charge in [-0.05, 0) is 62.4 Å². The highest BCUT2D eigenvalue weighted by atomic mass is 19.1. The maximum Gasteiger partial charge on any atom is 0.223 e. The van der Waals surface area contributed by atoms with Gasteiger partial charge in [0.2, 0.25) is 5.96 Å². The third-order valence-electron chi connectivity index (χ3n) is 3.60. The summed E-state index contributed by atoms with van der Waals surface area (Å²) in [6.07, 6.45) is 0. The number of nitrogens with one attached hydrogen (secondary N) is 1. The van der Waals surface area contributed by atoms with Gasteiger partial charge in [-0.25, -0.2) is 14.4 Å². The van der Waals surface area contributed by atoms with Gasteiger partial charge in [-0.2, -0.15) is 4.99 Å². The van der Waals surface area contributed by atoms with Crippen LogP contribution in [-0.4, -0.2) is 24.7 Å². The largest absolute Gasteiger partial charge is 0.396 e. The summed E-state index contributed by atoms with van der Waals surface area (Å²) >= 11 is 0. The molecule has 0 aliphatic heterocycles. The van der Waals surface area contributed by atoms with Gasteiger partial charge in [-0.15, -0.1) is 0 Å². The molecule has 0 unspecified atom stereocenters. The molecule has 5 nitrogen and oxygen atoms in total. The van der Waals surface area contributed by atoms with Crippen molar-refractivity contribution in [3.63, 3.8) is 0 Å². The van der Waals surface area contributed by atoms with Crippen LogP contribution in [0.3, 0.4) is 0 Å². The lowest BCUT2D eigenvalue weighted by molar-refractivity contribution is 0.631. The van der Waals surface area contributed by atoms with Crippen molar-refractivity contribution in [1.82, 2.24) is 10.3 Å². The molecule has 120 valence electrons. The number of aromatic nitrogens is 1. The van der Waals surface area contributed by atoms with Gasteiger partial charge in [0.15, 0.2) is 5.82 Å². The summed E-state index contributed by atoms with van der Waals surface area (Å²) in [6.45, 7) is 9.09. The van der Waals surface area contributed by atoms with Crippen LogP contribution in [0.4, 0.5) is 15.9 Å². The fourth-order valence-corrected chi connectivity index (χ4v) is 2.33. The molecule has 1 aromatic carbocycles. The molecule has 0 spiro atoms. The quantitative estimate of drug-likeness (QED) is 0.507. The Morgan fingerprint density at radius 3 is 2.48 bits per heavy atom. The predicted molar refractivity (Wildman–Crippen MR) is 94.0 cm³/mol. The number of nitrogens with two attached hydrogens (primary N) is 1. The number of aryl methyl sites for hydroxylation is 3. The predicted octanol–water partition coefficient (Wildman–Crippen LogP) is 3.30. The van der Waals surface area contributed by atoms with E-state index in [0.29, 0.717) is 11.8 Å². The van der Waals surface area contributed by atoms with Crippen LogP contribution in [-0.2, 0) is 0 Å². The van der Waals surface area contributed by atoms with E-state index >= 15 is 0 Å². The first kappa shape index (κ1) is 16.6. The number of anilines is 1. The molecular weight excluding hydrogens is 293 g/mol. The molecule has 0 radical (unpaired) electrons. The highest BCUT2D eigenvalue weighted by molar-refractivity contribution is 5.86. The topological polar surface area (TPSA) is 75.7 Å². The van der Waals surface area contributed by atoms with Gasteiger partial charge in [0, 0.05) is 18.3 Å². The summed E-state index contributed by atoms with van der Waals surface area (Å²) in [6, 6.07) is 5.05. The van der Waals surface area contributed by atoms with Crippen molar-refractivity contribution in [1.29, 1.82) is 0 Å². The van der Waals surface area contributed by atoms with E-state index in [1.807, 2.05) is 26.8 Å². The van der Waals surface area contributed by atoms with Crippen LogP contribution >= 0.6 is 0 Å². The maximum atomic E-state index is 13.6. The van der Waals surface area contributed by atoms with Crippen molar-refractivity contribution < 1.29 is 4.39 Å². The van der Waals surface area contributed by atoms with Crippen molar-refractivity contribution in [2.75, 3.05) is 12.8 Å². The number of guanidine groups is 1. The molecule has 23 heavy (non-hydrogen) atoms. The van der Waals surface area contributed by atoms with E-state index in [1.165, 1.54) is 6.07 Å². The van der Waals surface area contributed by atoms with E-state index in [0.717, 1.165) is 27.9 Å². The molecule has 0 aliphatic rings. The minimum atomic E-state index is -0.412. The molecule has 1 aromatic heterocycles. The standard InChI is InChI=1S/C17H20FN5/c1-9-7-14(18)15(19)8-12(9)13-6-10(2)16(22-11(13)3)23-17(20-4)21-5/h6-8H,4,19H2,1-3,5H3,(H,21,22,23). The lowest BCUT2D eigenvalue weighted by Gasteiger charge is -2.13. The number of pyridine rings is 1. The first-order valence-corrected chi connectivity index (χ1v) is 7.14. The number of aliphatic imine (C=N–C) groups is 2. The minimum Gasteiger partial charge on any atom is -0.396 e. The van der Waals surface area contributed by atoms with E-state index in [-0.39, 0.29) is 5.69 Å². The molecule has 1 heterocycles. The lowest BCUT2D eigenvalue weighted by Crippen LogP contribution is -2.14. The van der Waals surface area contributed by atoms with Crippen molar-refractivity contribution in [2.24, 2.45) is 9.98 Å². The minimum absolute atomic E-state index is 0.123. The molecule has 0 aliphatic carbocycles. The zero-order valence-corrected chi connectivity index (χ0v) is 13.7. The molecule has 0 bridgehead atoms. The summed E-state index contributed by atoms with van der Waals surface area (Å²) in [7, 11) is 1.72. The number of nitrogens with zero attached hydrogens (tertiary/aromatic N) is 3. The Bertz CT molecular complexity index is 796. The molecule has 0 fully saturated rings. The van der Waals surface area contributed by atoms with E-state index < -0.39 is 5.82 Å². The van der Waals surface area contributed by atoms with Crippen LogP contribution in [0, 0.1) is 26.6 Å². The number of hydrogen-bond donors (Lipinski definition) is 2. The Labute approximate surface area is 135 Å². The van der Waals surface area contributed by atoms with Gasteiger partial charge in [0.05, 0.1) is 5.69 Å². The number of hydrogen-bond acceptors (Lipinski definition) is 3. The molecule has 6 heteroatoms. The van der Waals surface area contributed by atoms with Gasteiger partial charge >= 0.3 is 0 Å². The molecule has 0 amide bonds. The van der Waals surface area contributed by atoms with Crippen molar-refractivity contribution >= 4 is 24.2 Å². The number of nitrogen functional groups attached to an aromatic ring is 1. The fraction of sp³-hybridized carbons (Fsp3) is 0.235. The average Bonchev–Trinajstić information content (AvgIpc) is 2.51. The second-order valence-corrected chi connectivity index (χ2v) is 5.29. The van der Waals surface area contributed by atoms with Gasteiger partial charge in [-0.1, -0.05) is 0 Å². The molecule has 2 aromatic rings. The average molecular weight is 313 g/mol. The Balaban J connectivity index is 2.59. The molecular formula is C17H20FN5. The summed E-state index contributed by atoms with van der Waals surface area (Å²) in [5, 5.41) is 2.84. The van der Waals surface area contributed by atoms with Crippen molar-refractivity contribution in [3.05, 3.63) is 40.8 Å². The highest BCUT2D eigenvalue weighted by Gasteiger charge is 2.12. The van der Waals surface area contributed by atoms with E-state index in [9.17, 15) is 4.39 Å². The molecule has 0 saturated carbocycles. The van der Waals surface area contributed by atoms with Crippen LogP contribution in [0.25, 0.3) is 11.1 Å². The Hall–Kier alpha value is -2.76. The smallest absolute Gasteiger partial charge is 0.223 e. The number of benzene rings is 1. The second kappa shape index (κ2) is 6.56. The third-order valence-corrected chi connectivity index (χ3v) is 3.60. The van der Waals surface area contributed by atoms with Crippen molar-refractivity contribution in [2.45, 2.75) is 20.8 Å². The van der Waals surface area contributed by atoms with Crippen LogP contribution in [0.2, 0.25) is 0 Å². The van der Waals surface area contributed by atoms with Gasteiger partial charge in [-0.3, -0.25) is 0 Å². The molecule has 2 rings (SSSR count). The highest BCUT2D eigenvalue weighted by Crippen LogP contribution is 2.32. The van der Waals surface area contributed by atoms with Crippen LogP contribution in [0.15, 0.2) is 28.2 Å². The number of halogens is 1. The van der Waals surface area contributed by atoms with Crippen LogP contribution < -0.4 is 11.1 Å². The zero-order chi connectivity index (χ0) is 17.1. The zero-order valence-electron chi connectivity index (χ0n) is 13.7. The SMILES string of the molecule is C=N/C(=N\c1nc(C)c(-c2cc(N)c(F)cc2C)cc1C)NC. The second-order valence-electron chi connectivity index (χ2n) is 5.29. The maximum absolute atomic E-state index is 13.6. The van der Waals surface area contributed by atoms with Gasteiger partial charge in [0.25, 0.3) is 0 Å². The van der Waals surface area contributed by atoms with E-state index in [2.05, 4.69) is 27.0 Å². The summed E-state index contributed by atoms with van der Waals surface area (Å²) < 4.78 is 13.6. The summed E-state index contributed by atoms with van der Waals surface area (Å²) in [4.78, 5) is 12.6. The summed E-state index contributed by atoms with van der Waals surface area (Å²) in [5.74, 6) is 0.552. The third kappa shape index (κ3) is 3.36. The van der Waals surface area contributed by atoms with Gasteiger partial charge in [0.1, 0.15) is 5.82 Å². The fourth-order valence-electron chi connectivity index (χ4n) is 2.33. The van der Waals surface area contributed by atoms with E-state index in [1.54, 1.807) is 13.1 Å². The first-order valence-electron chi connectivity index (χ1n) is 7.14. The van der Waals surface area contributed by atoms with E-state index in [4.69, 9.17) is 5.73 Å². The van der Waals surface area contributed by atoms with Crippen LogP contribution in [0.1, 0.15) is 16.8 Å². The van der Waals surface area contributed by atoms with Crippen molar-refractivity contribution in [3.8, 4) is 11.1 Å². The normalized spacial score (nSPS) is 11.4.